The minimum absolute atomic E-state index is 0.00700. The summed E-state index contributed by atoms with van der Waals surface area (Å²) < 4.78 is 0. The van der Waals surface area contributed by atoms with Gasteiger partial charge in [-0.1, -0.05) is 60.7 Å². The first-order chi connectivity index (χ1) is 22.2. The van der Waals surface area contributed by atoms with E-state index in [1.54, 1.807) is 17.0 Å². The molecule has 0 saturated carbocycles. The Bertz CT molecular complexity index is 1740. The topological polar surface area (TPSA) is 93.8 Å². The molecule has 3 N–H and O–H groups in total. The molecular weight excluding hydrogens is 574 g/mol. The van der Waals surface area contributed by atoms with Crippen LogP contribution < -0.4 is 16.0 Å². The van der Waals surface area contributed by atoms with Crippen LogP contribution in [0.3, 0.4) is 0 Å². The Morgan fingerprint density at radius 3 is 2.13 bits per heavy atom. The third-order valence-electron chi connectivity index (χ3n) is 8.11. The minimum atomic E-state index is -0.0599. The Morgan fingerprint density at radius 1 is 0.783 bits per heavy atom. The molecule has 4 aromatic rings. The smallest absolute Gasteiger partial charge is 0.258 e. The van der Waals surface area contributed by atoms with Gasteiger partial charge in [0.25, 0.3) is 11.8 Å². The molecule has 4 aromatic carbocycles. The van der Waals surface area contributed by atoms with E-state index in [9.17, 15) is 14.4 Å². The van der Waals surface area contributed by atoms with Crippen molar-refractivity contribution in [3.8, 4) is 0 Å². The average Bonchev–Trinajstić information content (AvgIpc) is 3.60. The quantitative estimate of drug-likeness (QED) is 0.181. The molecule has 0 bridgehead atoms. The van der Waals surface area contributed by atoms with Gasteiger partial charge in [0.05, 0.1) is 12.0 Å². The maximum absolute atomic E-state index is 12.4. The highest BCUT2D eigenvalue weighted by atomic mass is 16.2. The lowest BCUT2D eigenvalue weighted by Gasteiger charge is -2.18. The molecule has 2 aliphatic heterocycles. The predicted octanol–water partition coefficient (Wildman–Crippen LogP) is 6.78. The molecule has 0 atom stereocenters. The Kier molecular flexibility index (Phi) is 10.3. The molecule has 0 aromatic heterocycles. The van der Waals surface area contributed by atoms with Crippen molar-refractivity contribution in [1.82, 2.24) is 9.80 Å². The fourth-order valence-electron chi connectivity index (χ4n) is 5.78. The van der Waals surface area contributed by atoms with Gasteiger partial charge < -0.3 is 20.9 Å². The van der Waals surface area contributed by atoms with E-state index in [4.69, 9.17) is 0 Å². The molecule has 0 unspecified atom stereocenters. The van der Waals surface area contributed by atoms with Crippen LogP contribution in [0.4, 0.5) is 17.1 Å². The first-order valence-corrected chi connectivity index (χ1v) is 15.7. The summed E-state index contributed by atoms with van der Waals surface area (Å²) in [5.41, 5.74) is 9.29. The summed E-state index contributed by atoms with van der Waals surface area (Å²) in [6.45, 7) is 9.05. The molecule has 0 radical (unpaired) electrons. The molecule has 8 nitrogen and oxygen atoms in total. The lowest BCUT2D eigenvalue weighted by Crippen LogP contribution is -2.30. The van der Waals surface area contributed by atoms with Crippen LogP contribution in [0.25, 0.3) is 5.57 Å². The van der Waals surface area contributed by atoms with Crippen molar-refractivity contribution < 1.29 is 14.4 Å². The molecule has 0 aliphatic carbocycles. The van der Waals surface area contributed by atoms with Gasteiger partial charge in [0.2, 0.25) is 5.91 Å². The number of fused-ring (bicyclic) bond motifs is 2. The average molecular weight is 616 g/mol. The van der Waals surface area contributed by atoms with Crippen molar-refractivity contribution in [2.24, 2.45) is 0 Å². The number of carbonyl (C=O) groups is 3. The van der Waals surface area contributed by atoms with E-state index in [0.29, 0.717) is 30.6 Å². The van der Waals surface area contributed by atoms with Crippen molar-refractivity contribution >= 4 is 40.4 Å². The van der Waals surface area contributed by atoms with E-state index >= 15 is 0 Å². The summed E-state index contributed by atoms with van der Waals surface area (Å²) in [5, 5.41) is 9.06. The fourth-order valence-corrected chi connectivity index (χ4v) is 5.78. The molecule has 46 heavy (non-hydrogen) atoms. The van der Waals surface area contributed by atoms with Crippen molar-refractivity contribution in [3.63, 3.8) is 0 Å². The van der Waals surface area contributed by atoms with Crippen LogP contribution in [0.5, 0.6) is 0 Å². The van der Waals surface area contributed by atoms with Gasteiger partial charge in [-0.25, -0.2) is 0 Å². The predicted molar refractivity (Wildman–Crippen MR) is 185 cm³/mol. The van der Waals surface area contributed by atoms with Gasteiger partial charge >= 0.3 is 0 Å². The molecule has 0 fully saturated rings. The number of allylic oxidation sites excluding steroid dienone is 1. The van der Waals surface area contributed by atoms with Crippen LogP contribution >= 0.6 is 0 Å². The summed E-state index contributed by atoms with van der Waals surface area (Å²) in [4.78, 5) is 39.8. The maximum atomic E-state index is 12.4. The van der Waals surface area contributed by atoms with Crippen molar-refractivity contribution in [3.05, 3.63) is 131 Å². The summed E-state index contributed by atoms with van der Waals surface area (Å²) in [6.07, 6.45) is 0.370. The van der Waals surface area contributed by atoms with Crippen LogP contribution in [-0.4, -0.2) is 47.7 Å². The molecular formula is C38H41N5O3. The molecule has 2 aliphatic rings. The summed E-state index contributed by atoms with van der Waals surface area (Å²) in [6, 6.07) is 32.0. The normalized spacial score (nSPS) is 14.0. The standard InChI is InChI=1S/C25H25N3O.C13H16N2O2/c1-18(24-22-10-6-7-11-23(22)27-25(24)29)26-21-14-12-20(13-15-21)17-28(2)16-19-8-4-3-5-9-19;1-3-15(4-2)13(17)9-5-6-11-10(7-9)8-12(16)14-11/h3-15,26H,16-17H2,1-2H3,(H,27,29);5-7H,3-4,8H2,1-2H3,(H,14,16). The van der Waals surface area contributed by atoms with Crippen molar-refractivity contribution in [2.75, 3.05) is 36.1 Å². The molecule has 3 amide bonds. The first-order valence-electron chi connectivity index (χ1n) is 15.7. The zero-order chi connectivity index (χ0) is 32.6. The van der Waals surface area contributed by atoms with Gasteiger partial charge in [0, 0.05) is 60.1 Å². The Morgan fingerprint density at radius 2 is 1.43 bits per heavy atom. The lowest BCUT2D eigenvalue weighted by molar-refractivity contribution is -0.115. The van der Waals surface area contributed by atoms with Crippen LogP contribution in [0.1, 0.15) is 53.4 Å². The lowest BCUT2D eigenvalue weighted by atomic mass is 10.1. The highest BCUT2D eigenvalue weighted by Gasteiger charge is 2.26. The highest BCUT2D eigenvalue weighted by molar-refractivity contribution is 6.32. The highest BCUT2D eigenvalue weighted by Crippen LogP contribution is 2.33. The Labute approximate surface area is 271 Å². The fraction of sp³-hybridized carbons (Fsp3) is 0.237. The second-order valence-electron chi connectivity index (χ2n) is 11.6. The monoisotopic (exact) mass is 615 g/mol. The molecule has 0 saturated heterocycles. The van der Waals surface area contributed by atoms with E-state index in [-0.39, 0.29) is 17.7 Å². The Hall–Kier alpha value is -5.21. The van der Waals surface area contributed by atoms with Gasteiger partial charge in [0.1, 0.15) is 0 Å². The number of carbonyl (C=O) groups excluding carboxylic acids is 3. The number of nitrogens with one attached hydrogen (secondary N) is 3. The molecule has 6 rings (SSSR count). The van der Waals surface area contributed by atoms with E-state index < -0.39 is 0 Å². The van der Waals surface area contributed by atoms with Crippen LogP contribution in [0, 0.1) is 0 Å². The van der Waals surface area contributed by atoms with E-state index in [1.165, 1.54) is 11.1 Å². The van der Waals surface area contributed by atoms with E-state index in [2.05, 4.69) is 76.4 Å². The second kappa shape index (κ2) is 14.7. The number of anilines is 3. The van der Waals surface area contributed by atoms with E-state index in [1.807, 2.05) is 57.2 Å². The van der Waals surface area contributed by atoms with Gasteiger partial charge in [0.15, 0.2) is 0 Å². The summed E-state index contributed by atoms with van der Waals surface area (Å²) in [7, 11) is 2.13. The summed E-state index contributed by atoms with van der Waals surface area (Å²) in [5.74, 6) is -0.0417. The number of para-hydroxylation sites is 1. The number of nitrogens with zero attached hydrogens (tertiary/aromatic N) is 2. The first kappa shape index (κ1) is 32.2. The van der Waals surface area contributed by atoms with Crippen LogP contribution in [0.15, 0.2) is 103 Å². The number of amides is 3. The van der Waals surface area contributed by atoms with Crippen molar-refractivity contribution in [1.29, 1.82) is 0 Å². The van der Waals surface area contributed by atoms with Crippen LogP contribution in [-0.2, 0) is 29.1 Å². The second-order valence-corrected chi connectivity index (χ2v) is 11.6. The third-order valence-corrected chi connectivity index (χ3v) is 8.11. The van der Waals surface area contributed by atoms with Gasteiger partial charge in [-0.3, -0.25) is 19.3 Å². The number of benzene rings is 4. The number of rotatable bonds is 9. The minimum Gasteiger partial charge on any atom is -0.358 e. The number of hydrogen-bond donors (Lipinski definition) is 3. The SMILES string of the molecule is CC(Nc1ccc(CN(C)Cc2ccccc2)cc1)=C1C(=O)Nc2ccccc21.CCN(CC)C(=O)c1ccc2c(c1)CC(=O)N2. The maximum Gasteiger partial charge on any atom is 0.258 e. The van der Waals surface area contributed by atoms with Crippen LogP contribution in [0.2, 0.25) is 0 Å². The zero-order valence-electron chi connectivity index (χ0n) is 26.9. The third kappa shape index (κ3) is 7.71. The Balaban J connectivity index is 0.000000209. The zero-order valence-corrected chi connectivity index (χ0v) is 26.9. The molecule has 0 spiro atoms. The summed E-state index contributed by atoms with van der Waals surface area (Å²) >= 11 is 0. The molecule has 8 heteroatoms. The van der Waals surface area contributed by atoms with Gasteiger partial charge in [-0.2, -0.15) is 0 Å². The number of hydrogen-bond acceptors (Lipinski definition) is 5. The van der Waals surface area contributed by atoms with E-state index in [0.717, 1.165) is 47.0 Å². The molecule has 2 heterocycles. The van der Waals surface area contributed by atoms with Gasteiger partial charge in [-0.15, -0.1) is 0 Å². The van der Waals surface area contributed by atoms with Crippen molar-refractivity contribution in [2.45, 2.75) is 40.3 Å². The largest absolute Gasteiger partial charge is 0.358 e. The molecule has 236 valence electrons. The van der Waals surface area contributed by atoms with Gasteiger partial charge in [-0.05, 0) is 80.9 Å².